The Kier molecular flexibility index (Phi) is 21.4. The molecule has 0 saturated carbocycles. The highest BCUT2D eigenvalue weighted by molar-refractivity contribution is 5.73. The van der Waals surface area contributed by atoms with Crippen LogP contribution in [0.3, 0.4) is 0 Å². The smallest absolute Gasteiger partial charge is 0.311 e. The Hall–Kier alpha value is -2.03. The van der Waals surface area contributed by atoms with Gasteiger partial charge in [-0.1, -0.05) is 20.8 Å². The van der Waals surface area contributed by atoms with Crippen molar-refractivity contribution in [3.05, 3.63) is 0 Å². The number of esters is 3. The van der Waals surface area contributed by atoms with Gasteiger partial charge in [-0.15, -0.1) is 0 Å². The number of cyclic esters (lactones) is 1. The van der Waals surface area contributed by atoms with Crippen LogP contribution in [0.15, 0.2) is 0 Å². The lowest BCUT2D eigenvalue weighted by atomic mass is 9.77. The SMILES string of the molecule is CC[C@H]1OC(=O)[C@H](C)[C@@H](O[C@H]2C[C@@](C)(OC)[C@@H](OCCCCCO)[C@H](C)O2)[C@H](C)[C@@H](O[C@@H]2O[C@H](C)C[C@H](N(C)C)[C@H]2OC(C)=O)[C@](C)(O)C[C@@H](C)CN(C)[C@H](C)C(O)[C@]1(C)OC(C)=O. The molecule has 17 heteroatoms. The second kappa shape index (κ2) is 24.3. The average molecular weight is 919 g/mol. The van der Waals surface area contributed by atoms with Crippen molar-refractivity contribution in [2.75, 3.05) is 48.0 Å². The fourth-order valence-corrected chi connectivity index (χ4v) is 10.4. The first-order chi connectivity index (χ1) is 29.8. The normalized spacial score (nSPS) is 42.3. The quantitative estimate of drug-likeness (QED) is 0.120. The molecule has 3 N–H and O–H groups in total. The number of rotatable bonds is 15. The van der Waals surface area contributed by atoms with Crippen LogP contribution in [0.25, 0.3) is 0 Å². The van der Waals surface area contributed by atoms with Crippen LogP contribution in [0.4, 0.5) is 0 Å². The molecule has 0 aromatic carbocycles. The number of hydrogen-bond acceptors (Lipinski definition) is 17. The number of unbranched alkanes of at least 4 members (excludes halogenated alkanes) is 2. The zero-order valence-corrected chi connectivity index (χ0v) is 41.9. The van der Waals surface area contributed by atoms with Crippen molar-refractivity contribution < 1.29 is 72.3 Å². The first kappa shape index (κ1) is 56.3. The minimum absolute atomic E-state index is 0.114. The topological polar surface area (TPSA) is 201 Å². The van der Waals surface area contributed by atoms with Gasteiger partial charge in [0.05, 0.1) is 47.6 Å². The van der Waals surface area contributed by atoms with E-state index in [9.17, 15) is 29.7 Å². The number of likely N-dealkylation sites (N-methyl/N-ethyl adjacent to an activating group) is 2. The van der Waals surface area contributed by atoms with Gasteiger partial charge in [0.25, 0.3) is 0 Å². The number of carbonyl (C=O) groups excluding carboxylic acids is 3. The summed E-state index contributed by atoms with van der Waals surface area (Å²) < 4.78 is 57.6. The van der Waals surface area contributed by atoms with Gasteiger partial charge in [-0.3, -0.25) is 14.4 Å². The van der Waals surface area contributed by atoms with Gasteiger partial charge in [0.15, 0.2) is 24.3 Å². The Morgan fingerprint density at radius 1 is 0.922 bits per heavy atom. The van der Waals surface area contributed by atoms with Gasteiger partial charge in [-0.25, -0.2) is 0 Å². The van der Waals surface area contributed by atoms with Crippen molar-refractivity contribution >= 4 is 17.9 Å². The van der Waals surface area contributed by atoms with Crippen LogP contribution in [0.2, 0.25) is 0 Å². The number of aliphatic hydroxyl groups is 3. The molecule has 18 atom stereocenters. The van der Waals surface area contributed by atoms with E-state index < -0.39 is 108 Å². The van der Waals surface area contributed by atoms with E-state index >= 15 is 0 Å². The summed E-state index contributed by atoms with van der Waals surface area (Å²) in [6.07, 6.45) is -5.38. The van der Waals surface area contributed by atoms with Crippen molar-refractivity contribution in [3.8, 4) is 0 Å². The molecule has 3 aliphatic heterocycles. The summed E-state index contributed by atoms with van der Waals surface area (Å²) in [6, 6.07) is -0.875. The molecule has 0 amide bonds. The molecule has 1 unspecified atom stereocenters. The van der Waals surface area contributed by atoms with E-state index in [1.807, 2.05) is 72.5 Å². The zero-order chi connectivity index (χ0) is 48.5. The first-order valence-electron chi connectivity index (χ1n) is 23.5. The predicted molar refractivity (Wildman–Crippen MR) is 238 cm³/mol. The Morgan fingerprint density at radius 3 is 2.14 bits per heavy atom. The van der Waals surface area contributed by atoms with Crippen LogP contribution in [0.5, 0.6) is 0 Å². The molecule has 3 aliphatic rings. The lowest BCUT2D eigenvalue weighted by Crippen LogP contribution is -2.61. The number of methoxy groups -OCH3 is 1. The molecule has 0 aromatic heterocycles. The van der Waals surface area contributed by atoms with E-state index in [-0.39, 0.29) is 43.9 Å². The summed E-state index contributed by atoms with van der Waals surface area (Å²) >= 11 is 0. The molecule has 0 radical (unpaired) electrons. The minimum Gasteiger partial charge on any atom is -0.458 e. The number of nitrogens with zero attached hydrogens (tertiary/aromatic N) is 2. The van der Waals surface area contributed by atoms with Crippen molar-refractivity contribution in [1.82, 2.24) is 9.80 Å². The molecule has 3 heterocycles. The molecule has 0 aliphatic carbocycles. The van der Waals surface area contributed by atoms with Gasteiger partial charge in [0.1, 0.15) is 18.3 Å². The maximum absolute atomic E-state index is 14.8. The van der Waals surface area contributed by atoms with Gasteiger partial charge in [-0.05, 0) is 114 Å². The molecule has 3 rings (SSSR count). The van der Waals surface area contributed by atoms with Gasteiger partial charge in [-0.2, -0.15) is 0 Å². The van der Waals surface area contributed by atoms with E-state index in [1.165, 1.54) is 13.8 Å². The van der Waals surface area contributed by atoms with Gasteiger partial charge in [0.2, 0.25) is 0 Å². The van der Waals surface area contributed by atoms with Crippen LogP contribution in [-0.4, -0.2) is 181 Å². The Labute approximate surface area is 383 Å². The third kappa shape index (κ3) is 14.3. The third-order valence-corrected chi connectivity index (χ3v) is 13.9. The van der Waals surface area contributed by atoms with Gasteiger partial charge >= 0.3 is 17.9 Å². The highest BCUT2D eigenvalue weighted by atomic mass is 16.7. The summed E-state index contributed by atoms with van der Waals surface area (Å²) in [7, 11) is 7.24. The van der Waals surface area contributed by atoms with Gasteiger partial charge < -0.3 is 67.8 Å². The van der Waals surface area contributed by atoms with E-state index in [0.717, 1.165) is 12.8 Å². The Bertz CT molecular complexity index is 1470. The number of aliphatic hydroxyl groups excluding tert-OH is 2. The average Bonchev–Trinajstić information content (AvgIpc) is 3.19. The number of hydrogen-bond donors (Lipinski definition) is 3. The standard InChI is InChI=1S/C47H86N2O15/c1-17-36-47(12,64-34(9)52)40(53)31(6)49(15)26-27(2)24-45(10,55)41(63-44-39(60-33(8)51)35(48(13)14)23-28(3)58-44)29(4)38(30(5)43(54)61-36)62-37-25-46(11,56-16)42(32(7)59-37)57-22-20-18-19-21-50/h27-32,35-42,44,50,53,55H,17-26H2,1-16H3/t27-,28-,29+,30-,31-,32+,35+,36-,37+,38+,39-,40?,41-,42+,44+,45-,46-,47-/m1/s1. The summed E-state index contributed by atoms with van der Waals surface area (Å²) in [6.45, 7) is 21.6. The monoisotopic (exact) mass is 919 g/mol. The maximum Gasteiger partial charge on any atom is 0.311 e. The molecular formula is C47H86N2O15. The lowest BCUT2D eigenvalue weighted by molar-refractivity contribution is -0.321. The number of carbonyl (C=O) groups is 3. The molecule has 3 fully saturated rings. The van der Waals surface area contributed by atoms with Crippen LogP contribution >= 0.6 is 0 Å². The lowest BCUT2D eigenvalue weighted by Gasteiger charge is -2.49. The van der Waals surface area contributed by atoms with Gasteiger partial charge in [0, 0.05) is 59.1 Å². The van der Waals surface area contributed by atoms with Crippen LogP contribution in [0.1, 0.15) is 128 Å². The third-order valence-electron chi connectivity index (χ3n) is 13.9. The van der Waals surface area contributed by atoms with E-state index in [1.54, 1.807) is 34.8 Å². The summed E-state index contributed by atoms with van der Waals surface area (Å²) in [5.74, 6) is -3.93. The molecule has 17 nitrogen and oxygen atoms in total. The largest absolute Gasteiger partial charge is 0.458 e. The van der Waals surface area contributed by atoms with Crippen molar-refractivity contribution in [1.29, 1.82) is 0 Å². The zero-order valence-electron chi connectivity index (χ0n) is 41.9. The molecule has 0 aromatic rings. The van der Waals surface area contributed by atoms with Crippen LogP contribution in [-0.2, 0) is 57.0 Å². The molecule has 3 saturated heterocycles. The summed E-state index contributed by atoms with van der Waals surface area (Å²) in [5, 5.41) is 34.2. The minimum atomic E-state index is -1.65. The van der Waals surface area contributed by atoms with Crippen LogP contribution < -0.4 is 0 Å². The van der Waals surface area contributed by atoms with E-state index in [0.29, 0.717) is 26.0 Å². The first-order valence-corrected chi connectivity index (χ1v) is 23.5. The highest BCUT2D eigenvalue weighted by Crippen LogP contribution is 2.41. The second-order valence-corrected chi connectivity index (χ2v) is 19.9. The fourth-order valence-electron chi connectivity index (χ4n) is 10.4. The highest BCUT2D eigenvalue weighted by Gasteiger charge is 2.54. The maximum atomic E-state index is 14.8. The molecule has 0 spiro atoms. The second-order valence-electron chi connectivity index (χ2n) is 19.9. The van der Waals surface area contributed by atoms with E-state index in [4.69, 9.17) is 42.6 Å². The summed E-state index contributed by atoms with van der Waals surface area (Å²) in [4.78, 5) is 44.0. The predicted octanol–water partition coefficient (Wildman–Crippen LogP) is 4.23. The molecular weight excluding hydrogens is 833 g/mol. The van der Waals surface area contributed by atoms with Crippen molar-refractivity contribution in [3.63, 3.8) is 0 Å². The van der Waals surface area contributed by atoms with E-state index in [2.05, 4.69) is 0 Å². The Morgan fingerprint density at radius 2 is 1.58 bits per heavy atom. The van der Waals surface area contributed by atoms with Crippen LogP contribution in [0, 0.1) is 17.8 Å². The fraction of sp³-hybridized carbons (Fsp3) is 0.936. The molecule has 374 valence electrons. The summed E-state index contributed by atoms with van der Waals surface area (Å²) in [5.41, 5.74) is -4.16. The Balaban J connectivity index is 2.23. The number of ether oxygens (including phenoxy) is 9. The molecule has 0 bridgehead atoms. The molecule has 64 heavy (non-hydrogen) atoms. The van der Waals surface area contributed by atoms with Crippen molar-refractivity contribution in [2.24, 2.45) is 17.8 Å². The van der Waals surface area contributed by atoms with Crippen molar-refractivity contribution in [2.45, 2.75) is 218 Å².